The molecule has 3 N–H and O–H groups in total. The van der Waals surface area contributed by atoms with Gasteiger partial charge in [-0.05, 0) is 39.7 Å². The Morgan fingerprint density at radius 2 is 2.19 bits per heavy atom. The van der Waals surface area contributed by atoms with E-state index < -0.39 is 0 Å². The quantitative estimate of drug-likeness (QED) is 0.518. The van der Waals surface area contributed by atoms with Gasteiger partial charge in [-0.25, -0.2) is 0 Å². The summed E-state index contributed by atoms with van der Waals surface area (Å²) in [5.41, 5.74) is 1.29. The Hall–Kier alpha value is -3.07. The molecule has 10 heteroatoms. The number of carbonyl (C=O) groups is 1. The smallest absolute Gasteiger partial charge is 0.246 e. The standard InChI is InChI=1S/C21H27ClN8O/c1-5-16(31)29-8-6-7-13(11-29)25-19-17-15(22)10-23-18(17)27-20(28-19)26-14-9-24-30(12-14)21(2,3)4/h5,9-10,12-13H,1,6-8,11H2,2-4H3,(H3,23,25,26,27,28). The summed E-state index contributed by atoms with van der Waals surface area (Å²) in [5, 5.41) is 12.4. The van der Waals surface area contributed by atoms with E-state index in [0.717, 1.165) is 30.5 Å². The van der Waals surface area contributed by atoms with Crippen LogP contribution >= 0.6 is 11.6 Å². The molecule has 3 aromatic heterocycles. The number of H-pyrrole nitrogens is 1. The number of carbonyl (C=O) groups excluding carboxylic acids is 1. The number of likely N-dealkylation sites (tertiary alicyclic amines) is 1. The van der Waals surface area contributed by atoms with Crippen LogP contribution in [0.25, 0.3) is 11.0 Å². The van der Waals surface area contributed by atoms with Gasteiger partial charge in [0.2, 0.25) is 11.9 Å². The van der Waals surface area contributed by atoms with E-state index in [4.69, 9.17) is 11.6 Å². The number of aromatic amines is 1. The summed E-state index contributed by atoms with van der Waals surface area (Å²) in [6.07, 6.45) is 8.55. The first-order valence-corrected chi connectivity index (χ1v) is 10.7. The van der Waals surface area contributed by atoms with E-state index in [2.05, 4.69) is 58.0 Å². The van der Waals surface area contributed by atoms with Crippen LogP contribution in [-0.4, -0.2) is 54.7 Å². The van der Waals surface area contributed by atoms with Gasteiger partial charge in [0.05, 0.1) is 27.8 Å². The van der Waals surface area contributed by atoms with Crippen LogP contribution in [0.2, 0.25) is 5.02 Å². The maximum atomic E-state index is 12.0. The molecular formula is C21H27ClN8O. The van der Waals surface area contributed by atoms with Crippen molar-refractivity contribution < 1.29 is 4.79 Å². The van der Waals surface area contributed by atoms with Crippen LogP contribution in [0.4, 0.5) is 17.5 Å². The molecule has 0 saturated carbocycles. The second-order valence-corrected chi connectivity index (χ2v) is 9.10. The molecule has 31 heavy (non-hydrogen) atoms. The Kier molecular flexibility index (Phi) is 5.62. The summed E-state index contributed by atoms with van der Waals surface area (Å²) >= 11 is 6.40. The van der Waals surface area contributed by atoms with Gasteiger partial charge in [-0.2, -0.15) is 15.1 Å². The fraction of sp³-hybridized carbons (Fsp3) is 0.429. The molecule has 1 amide bonds. The van der Waals surface area contributed by atoms with Crippen molar-refractivity contribution >= 4 is 46.0 Å². The van der Waals surface area contributed by atoms with Crippen molar-refractivity contribution in [3.8, 4) is 0 Å². The summed E-state index contributed by atoms with van der Waals surface area (Å²) in [6, 6.07) is 0.0539. The highest BCUT2D eigenvalue weighted by Gasteiger charge is 2.24. The SMILES string of the molecule is C=CC(=O)N1CCCC(Nc2nc(Nc3cnn(C(C)(C)C)c3)nc3[nH]cc(Cl)c23)C1. The number of hydrogen-bond donors (Lipinski definition) is 3. The van der Waals surface area contributed by atoms with Crippen LogP contribution in [0.1, 0.15) is 33.6 Å². The third-order valence-electron chi connectivity index (χ3n) is 5.26. The van der Waals surface area contributed by atoms with E-state index in [1.54, 1.807) is 17.3 Å². The lowest BCUT2D eigenvalue weighted by Crippen LogP contribution is -2.44. The van der Waals surface area contributed by atoms with Gasteiger partial charge in [0, 0.05) is 31.5 Å². The zero-order valence-corrected chi connectivity index (χ0v) is 18.7. The average Bonchev–Trinajstić information content (AvgIpc) is 3.34. The Morgan fingerprint density at radius 3 is 2.90 bits per heavy atom. The van der Waals surface area contributed by atoms with Crippen LogP contribution in [0.5, 0.6) is 0 Å². The zero-order valence-electron chi connectivity index (χ0n) is 17.9. The number of amides is 1. The van der Waals surface area contributed by atoms with E-state index in [1.165, 1.54) is 6.08 Å². The van der Waals surface area contributed by atoms with Crippen molar-refractivity contribution in [2.24, 2.45) is 0 Å². The molecule has 3 aromatic rings. The monoisotopic (exact) mass is 442 g/mol. The fourth-order valence-corrected chi connectivity index (χ4v) is 3.89. The first-order chi connectivity index (χ1) is 14.7. The van der Waals surface area contributed by atoms with Gasteiger partial charge in [-0.3, -0.25) is 9.48 Å². The average molecular weight is 443 g/mol. The molecule has 4 rings (SSSR count). The Bertz CT molecular complexity index is 1110. The van der Waals surface area contributed by atoms with Crippen molar-refractivity contribution in [1.82, 2.24) is 29.6 Å². The number of rotatable bonds is 5. The summed E-state index contributed by atoms with van der Waals surface area (Å²) in [6.45, 7) is 11.2. The van der Waals surface area contributed by atoms with Gasteiger partial charge in [0.1, 0.15) is 11.5 Å². The van der Waals surface area contributed by atoms with Crippen molar-refractivity contribution in [2.75, 3.05) is 23.7 Å². The molecule has 0 bridgehead atoms. The molecule has 1 saturated heterocycles. The molecule has 0 aliphatic carbocycles. The molecule has 1 aliphatic heterocycles. The highest BCUT2D eigenvalue weighted by Crippen LogP contribution is 2.31. The normalized spacial score (nSPS) is 17.0. The van der Waals surface area contributed by atoms with Crippen LogP contribution < -0.4 is 10.6 Å². The molecule has 9 nitrogen and oxygen atoms in total. The van der Waals surface area contributed by atoms with Gasteiger partial charge in [0.25, 0.3) is 0 Å². The van der Waals surface area contributed by atoms with Crippen molar-refractivity contribution in [3.63, 3.8) is 0 Å². The minimum absolute atomic E-state index is 0.0539. The molecule has 4 heterocycles. The van der Waals surface area contributed by atoms with E-state index in [0.29, 0.717) is 29.0 Å². The third-order valence-corrected chi connectivity index (χ3v) is 5.56. The topological polar surface area (TPSA) is 104 Å². The molecule has 1 atom stereocenters. The predicted molar refractivity (Wildman–Crippen MR) is 123 cm³/mol. The lowest BCUT2D eigenvalue weighted by Gasteiger charge is -2.33. The lowest BCUT2D eigenvalue weighted by molar-refractivity contribution is -0.127. The van der Waals surface area contributed by atoms with E-state index in [9.17, 15) is 4.79 Å². The highest BCUT2D eigenvalue weighted by molar-refractivity contribution is 6.36. The molecular weight excluding hydrogens is 416 g/mol. The van der Waals surface area contributed by atoms with Crippen LogP contribution in [0, 0.1) is 0 Å². The Morgan fingerprint density at radius 1 is 1.39 bits per heavy atom. The molecule has 164 valence electrons. The Balaban J connectivity index is 1.60. The molecule has 1 unspecified atom stereocenters. The van der Waals surface area contributed by atoms with E-state index >= 15 is 0 Å². The van der Waals surface area contributed by atoms with E-state index in [-0.39, 0.29) is 17.5 Å². The minimum Gasteiger partial charge on any atom is -0.365 e. The van der Waals surface area contributed by atoms with Crippen LogP contribution in [0.15, 0.2) is 31.2 Å². The molecule has 0 aromatic carbocycles. The number of nitrogens with zero attached hydrogens (tertiary/aromatic N) is 5. The molecule has 0 radical (unpaired) electrons. The first kappa shape index (κ1) is 21.2. The summed E-state index contributed by atoms with van der Waals surface area (Å²) in [7, 11) is 0. The highest BCUT2D eigenvalue weighted by atomic mass is 35.5. The van der Waals surface area contributed by atoms with Crippen molar-refractivity contribution in [3.05, 3.63) is 36.3 Å². The number of halogens is 1. The molecule has 1 aliphatic rings. The summed E-state index contributed by atoms with van der Waals surface area (Å²) in [4.78, 5) is 26.2. The third kappa shape index (κ3) is 4.51. The number of hydrogen-bond acceptors (Lipinski definition) is 6. The maximum Gasteiger partial charge on any atom is 0.246 e. The number of fused-ring (bicyclic) bond motifs is 1. The number of aromatic nitrogens is 5. The second-order valence-electron chi connectivity index (χ2n) is 8.70. The van der Waals surface area contributed by atoms with Gasteiger partial charge in [0.15, 0.2) is 0 Å². The summed E-state index contributed by atoms with van der Waals surface area (Å²) in [5.74, 6) is 0.994. The first-order valence-electron chi connectivity index (χ1n) is 10.3. The van der Waals surface area contributed by atoms with Gasteiger partial charge < -0.3 is 20.5 Å². The molecule has 1 fully saturated rings. The van der Waals surface area contributed by atoms with Gasteiger partial charge >= 0.3 is 0 Å². The minimum atomic E-state index is -0.125. The number of piperidine rings is 1. The Labute approximate surface area is 185 Å². The maximum absolute atomic E-state index is 12.0. The van der Waals surface area contributed by atoms with Crippen molar-refractivity contribution in [2.45, 2.75) is 45.2 Å². The fourth-order valence-electron chi connectivity index (χ4n) is 3.66. The second kappa shape index (κ2) is 8.22. The molecule has 0 spiro atoms. The zero-order chi connectivity index (χ0) is 22.2. The lowest BCUT2D eigenvalue weighted by atomic mass is 10.1. The van der Waals surface area contributed by atoms with Gasteiger partial charge in [-0.1, -0.05) is 18.2 Å². The largest absolute Gasteiger partial charge is 0.365 e. The number of anilines is 3. The van der Waals surface area contributed by atoms with Crippen molar-refractivity contribution in [1.29, 1.82) is 0 Å². The van der Waals surface area contributed by atoms with Gasteiger partial charge in [-0.15, -0.1) is 0 Å². The van der Waals surface area contributed by atoms with Crippen LogP contribution in [-0.2, 0) is 10.3 Å². The summed E-state index contributed by atoms with van der Waals surface area (Å²) < 4.78 is 1.88. The predicted octanol–water partition coefficient (Wildman–Crippen LogP) is 3.90. The van der Waals surface area contributed by atoms with Crippen LogP contribution in [0.3, 0.4) is 0 Å². The van der Waals surface area contributed by atoms with E-state index in [1.807, 2.05) is 10.9 Å². The number of nitrogens with one attached hydrogen (secondary N) is 3.